The topological polar surface area (TPSA) is 99.4 Å². The van der Waals surface area contributed by atoms with Crippen molar-refractivity contribution in [2.24, 2.45) is 0 Å². The molecule has 9 nitrogen and oxygen atoms in total. The zero-order valence-corrected chi connectivity index (χ0v) is 23.1. The molecule has 39 heavy (non-hydrogen) atoms. The first-order chi connectivity index (χ1) is 18.6. The highest BCUT2D eigenvalue weighted by atomic mass is 35.5. The number of aromatic nitrogens is 2. The van der Waals surface area contributed by atoms with Crippen molar-refractivity contribution in [3.63, 3.8) is 0 Å². The van der Waals surface area contributed by atoms with Crippen LogP contribution in [0.2, 0.25) is 5.02 Å². The zero-order chi connectivity index (χ0) is 28.9. The highest BCUT2D eigenvalue weighted by Crippen LogP contribution is 2.34. The Morgan fingerprint density at radius 1 is 1.15 bits per heavy atom. The zero-order valence-electron chi connectivity index (χ0n) is 22.3. The lowest BCUT2D eigenvalue weighted by atomic mass is 9.95. The van der Waals surface area contributed by atoms with Gasteiger partial charge >= 0.3 is 6.09 Å². The summed E-state index contributed by atoms with van der Waals surface area (Å²) in [7, 11) is 3.95. The lowest BCUT2D eigenvalue weighted by molar-refractivity contribution is -0.125. The number of amides is 1. The monoisotopic (exact) mass is 565 g/mol. The molecule has 210 valence electrons. The lowest BCUT2D eigenvalue weighted by Crippen LogP contribution is -2.42. The largest absolute Gasteiger partial charge is 0.453 e. The maximum absolute atomic E-state index is 15.5. The Morgan fingerprint density at radius 2 is 1.85 bits per heavy atom. The molecule has 2 heterocycles. The molecule has 0 saturated heterocycles. The predicted molar refractivity (Wildman–Crippen MR) is 140 cm³/mol. The Kier molecular flexibility index (Phi) is 10.1. The van der Waals surface area contributed by atoms with E-state index in [-0.39, 0.29) is 54.0 Å². The highest BCUT2D eigenvalue weighted by molar-refractivity contribution is 6.30. The maximum atomic E-state index is 15.5. The molecule has 0 radical (unpaired) electrons. The first-order valence-electron chi connectivity index (χ1n) is 12.1. The second-order valence-corrected chi connectivity index (χ2v) is 9.28. The van der Waals surface area contributed by atoms with Gasteiger partial charge in [0.05, 0.1) is 43.6 Å². The van der Waals surface area contributed by atoms with Crippen LogP contribution in [0.1, 0.15) is 41.4 Å². The summed E-state index contributed by atoms with van der Waals surface area (Å²) in [4.78, 5) is 43.5. The number of hydrogen-bond acceptors (Lipinski definition) is 7. The Bertz CT molecular complexity index is 1390. The summed E-state index contributed by atoms with van der Waals surface area (Å²) in [6.45, 7) is 2.65. The molecule has 2 aromatic heterocycles. The Balaban J connectivity index is 2.08. The highest BCUT2D eigenvalue weighted by Gasteiger charge is 2.28. The van der Waals surface area contributed by atoms with Gasteiger partial charge in [-0.2, -0.15) is 0 Å². The van der Waals surface area contributed by atoms with Crippen molar-refractivity contribution in [2.45, 2.75) is 39.4 Å². The van der Waals surface area contributed by atoms with Gasteiger partial charge in [0, 0.05) is 43.5 Å². The third-order valence-electron chi connectivity index (χ3n) is 6.21. The number of carbonyl (C=O) groups excluding carboxylic acids is 3. The minimum absolute atomic E-state index is 0.0188. The molecule has 3 rings (SSSR count). The van der Waals surface area contributed by atoms with Gasteiger partial charge in [-0.25, -0.2) is 18.6 Å². The van der Waals surface area contributed by atoms with E-state index < -0.39 is 35.6 Å². The molecular weight excluding hydrogens is 536 g/mol. The number of ketones is 2. The quantitative estimate of drug-likeness (QED) is 0.224. The molecule has 0 bridgehead atoms. The number of halogens is 3. The molecule has 0 atom stereocenters. The van der Waals surface area contributed by atoms with E-state index in [0.717, 1.165) is 11.0 Å². The number of Topliss-reactive ketones (excluding diaryl/α,β-unsaturated/α-hetero) is 2. The van der Waals surface area contributed by atoms with E-state index in [1.54, 1.807) is 23.6 Å². The number of ether oxygens (including phenoxy) is 3. The number of benzene rings is 1. The molecule has 0 spiro atoms. The number of carbonyl (C=O) groups is 3. The van der Waals surface area contributed by atoms with Gasteiger partial charge in [-0.05, 0) is 31.0 Å². The molecule has 0 aliphatic carbocycles. The Morgan fingerprint density at radius 3 is 2.46 bits per heavy atom. The van der Waals surface area contributed by atoms with E-state index in [4.69, 9.17) is 25.8 Å². The van der Waals surface area contributed by atoms with Crippen molar-refractivity contribution in [3.05, 3.63) is 57.9 Å². The summed E-state index contributed by atoms with van der Waals surface area (Å²) in [5.41, 5.74) is -0.0524. The first kappa shape index (κ1) is 30.1. The number of fused-ring (bicyclic) bond motifs is 1. The van der Waals surface area contributed by atoms with Crippen molar-refractivity contribution < 1.29 is 37.4 Å². The molecular formula is C27H30ClF2N3O6. The van der Waals surface area contributed by atoms with E-state index in [1.807, 2.05) is 0 Å². The average molecular weight is 566 g/mol. The van der Waals surface area contributed by atoms with Gasteiger partial charge in [0.1, 0.15) is 17.3 Å². The standard InChI is InChI=1S/C27H30ClF2N3O6/c1-6-7-21(35)18-12-19(29)24(15(2)25(18)30)26-20(33-9-8-16(28)10-22(33)31-26)11-17(34)13-32(27(36)39-5)14-23(37-3)38-4/h8-10,12,23H,6-7,11,13-14H2,1-5H3. The van der Waals surface area contributed by atoms with Gasteiger partial charge in [-0.1, -0.05) is 18.5 Å². The first-order valence-corrected chi connectivity index (χ1v) is 12.5. The number of imidazole rings is 1. The minimum Gasteiger partial charge on any atom is -0.453 e. The van der Waals surface area contributed by atoms with E-state index in [1.165, 1.54) is 34.3 Å². The second-order valence-electron chi connectivity index (χ2n) is 8.84. The van der Waals surface area contributed by atoms with E-state index in [2.05, 4.69) is 4.98 Å². The fraction of sp³-hybridized carbons (Fsp3) is 0.407. The molecule has 0 aliphatic heterocycles. The summed E-state index contributed by atoms with van der Waals surface area (Å²) >= 11 is 6.13. The fourth-order valence-electron chi connectivity index (χ4n) is 4.26. The molecule has 3 aromatic rings. The molecule has 12 heteroatoms. The van der Waals surface area contributed by atoms with Crippen LogP contribution in [-0.2, 0) is 25.4 Å². The molecule has 1 amide bonds. The van der Waals surface area contributed by atoms with E-state index >= 15 is 8.78 Å². The number of hydrogen-bond donors (Lipinski definition) is 0. The van der Waals surface area contributed by atoms with Crippen LogP contribution in [0.4, 0.5) is 13.6 Å². The molecule has 0 saturated carbocycles. The van der Waals surface area contributed by atoms with Crippen LogP contribution >= 0.6 is 11.6 Å². The summed E-state index contributed by atoms with van der Waals surface area (Å²) < 4.78 is 47.4. The van der Waals surface area contributed by atoms with Crippen LogP contribution < -0.4 is 0 Å². The lowest BCUT2D eigenvalue weighted by Gasteiger charge is -2.24. The van der Waals surface area contributed by atoms with E-state index in [0.29, 0.717) is 17.1 Å². The number of methoxy groups -OCH3 is 3. The average Bonchev–Trinajstić information content (AvgIpc) is 3.24. The maximum Gasteiger partial charge on any atom is 0.410 e. The number of pyridine rings is 1. The van der Waals surface area contributed by atoms with Crippen LogP contribution in [0.15, 0.2) is 24.4 Å². The van der Waals surface area contributed by atoms with Crippen molar-refractivity contribution in [1.82, 2.24) is 14.3 Å². The molecule has 1 aromatic carbocycles. The second kappa shape index (κ2) is 13.1. The van der Waals surface area contributed by atoms with Gasteiger partial charge in [0.25, 0.3) is 0 Å². The van der Waals surface area contributed by atoms with Crippen molar-refractivity contribution in [3.8, 4) is 11.3 Å². The Hall–Kier alpha value is -3.41. The van der Waals surface area contributed by atoms with Gasteiger partial charge in [0.15, 0.2) is 17.9 Å². The smallest absolute Gasteiger partial charge is 0.410 e. The van der Waals surface area contributed by atoms with Gasteiger partial charge in [-0.15, -0.1) is 0 Å². The third-order valence-corrected chi connectivity index (χ3v) is 6.45. The van der Waals surface area contributed by atoms with Gasteiger partial charge < -0.3 is 18.6 Å². The fourth-order valence-corrected chi connectivity index (χ4v) is 4.42. The minimum atomic E-state index is -0.851. The number of rotatable bonds is 12. The van der Waals surface area contributed by atoms with Crippen molar-refractivity contribution in [1.29, 1.82) is 0 Å². The van der Waals surface area contributed by atoms with Gasteiger partial charge in [-0.3, -0.25) is 14.5 Å². The van der Waals surface area contributed by atoms with Crippen LogP contribution in [0.3, 0.4) is 0 Å². The predicted octanol–water partition coefficient (Wildman–Crippen LogP) is 5.02. The molecule has 0 fully saturated rings. The molecule has 0 unspecified atom stereocenters. The van der Waals surface area contributed by atoms with Gasteiger partial charge in [0.2, 0.25) is 0 Å². The SMILES string of the molecule is CCCC(=O)c1cc(F)c(-c2nc3cc(Cl)ccn3c2CC(=O)CN(CC(OC)OC)C(=O)OC)c(C)c1F. The van der Waals surface area contributed by atoms with Crippen LogP contribution in [0, 0.1) is 18.6 Å². The summed E-state index contributed by atoms with van der Waals surface area (Å²) in [5.74, 6) is -2.65. The molecule has 0 aliphatic rings. The van der Waals surface area contributed by atoms with Crippen LogP contribution in [-0.4, -0.2) is 72.7 Å². The Labute approximate surface area is 229 Å². The number of nitrogens with zero attached hydrogens (tertiary/aromatic N) is 3. The van der Waals surface area contributed by atoms with Crippen LogP contribution in [0.25, 0.3) is 16.9 Å². The normalized spacial score (nSPS) is 11.3. The summed E-state index contributed by atoms with van der Waals surface area (Å²) in [5, 5.41) is 0.350. The third kappa shape index (κ3) is 6.60. The van der Waals surface area contributed by atoms with E-state index in [9.17, 15) is 14.4 Å². The summed E-state index contributed by atoms with van der Waals surface area (Å²) in [6, 6.07) is 3.95. The molecule has 0 N–H and O–H groups in total. The summed E-state index contributed by atoms with van der Waals surface area (Å²) in [6.07, 6.45) is 0.239. The van der Waals surface area contributed by atoms with Crippen LogP contribution in [0.5, 0.6) is 0 Å². The van der Waals surface area contributed by atoms with Crippen molar-refractivity contribution in [2.75, 3.05) is 34.4 Å². The van der Waals surface area contributed by atoms with Crippen molar-refractivity contribution >= 4 is 34.9 Å².